The van der Waals surface area contributed by atoms with Crippen molar-refractivity contribution in [3.63, 3.8) is 0 Å². The fourth-order valence-corrected chi connectivity index (χ4v) is 2.79. The molecule has 2 aromatic heterocycles. The lowest BCUT2D eigenvalue weighted by Crippen LogP contribution is -2.31. The Bertz CT molecular complexity index is 859. The van der Waals surface area contributed by atoms with E-state index in [1.165, 1.54) is 17.2 Å². The first-order chi connectivity index (χ1) is 11.2. The molecule has 0 amide bonds. The van der Waals surface area contributed by atoms with E-state index in [9.17, 15) is 9.67 Å². The van der Waals surface area contributed by atoms with Crippen LogP contribution in [-0.2, 0) is 14.0 Å². The third-order valence-electron chi connectivity index (χ3n) is 3.47. The number of imidazole rings is 1. The Morgan fingerprint density at radius 3 is 2.96 bits per heavy atom. The van der Waals surface area contributed by atoms with Crippen molar-refractivity contribution in [2.75, 3.05) is 12.1 Å². The molecule has 3 atom stereocenters. The maximum absolute atomic E-state index is 11.0. The third-order valence-corrected chi connectivity index (χ3v) is 3.93. The number of nitrogen functional groups attached to an aromatic ring is 1. The molecule has 0 spiro atoms. The molecule has 11 nitrogen and oxygen atoms in total. The molecule has 1 fully saturated rings. The molecule has 3 heterocycles. The molecular weight excluding hydrogens is 341 g/mol. The number of fused-ring (bicyclic) bond motifs is 1. The fourth-order valence-electron chi connectivity index (χ4n) is 2.41. The van der Waals surface area contributed by atoms with Crippen LogP contribution in [0.5, 0.6) is 0 Å². The average molecular weight is 355 g/mol. The maximum atomic E-state index is 11.0. The van der Waals surface area contributed by atoms with Crippen LogP contribution in [0.1, 0.15) is 12.6 Å². The van der Waals surface area contributed by atoms with E-state index in [0.29, 0.717) is 11.2 Å². The largest absolute Gasteiger partial charge is 0.388 e. The zero-order chi connectivity index (χ0) is 17.5. The van der Waals surface area contributed by atoms with Gasteiger partial charge in [-0.25, -0.2) is 15.0 Å². The number of nitrogens with two attached hydrogens (primary N) is 1. The van der Waals surface area contributed by atoms with E-state index < -0.39 is 32.1 Å². The highest BCUT2D eigenvalue weighted by Gasteiger charge is 2.48. The summed E-state index contributed by atoms with van der Waals surface area (Å²) in [5.74, 6) is 0.575. The summed E-state index contributed by atoms with van der Waals surface area (Å²) in [6.07, 6.45) is 4.70. The summed E-state index contributed by atoms with van der Waals surface area (Å²) in [4.78, 5) is 29.8. The molecule has 0 saturated carbocycles. The predicted octanol–water partition coefficient (Wildman–Crippen LogP) is -0.830. The van der Waals surface area contributed by atoms with Crippen molar-refractivity contribution in [1.29, 1.82) is 0 Å². The number of terminal acetylenes is 1. The van der Waals surface area contributed by atoms with Crippen molar-refractivity contribution < 1.29 is 28.9 Å². The Balaban J connectivity index is 1.91. The highest BCUT2D eigenvalue weighted by atomic mass is 31.2. The summed E-state index contributed by atoms with van der Waals surface area (Å²) in [6.45, 7) is 0. The van der Waals surface area contributed by atoms with Gasteiger partial charge in [0, 0.05) is 6.42 Å². The molecule has 1 aliphatic rings. The van der Waals surface area contributed by atoms with Crippen LogP contribution in [0, 0.1) is 12.3 Å². The topological polar surface area (TPSA) is 166 Å². The van der Waals surface area contributed by atoms with Gasteiger partial charge in [0.1, 0.15) is 17.9 Å². The molecule has 5 N–H and O–H groups in total. The SMILES string of the molecule is C#C[C@@]1(OCP(=O)(O)O)C[C@@H](O)[C@H](n2cnc3c(N)ncnc32)O1. The lowest BCUT2D eigenvalue weighted by molar-refractivity contribution is -0.194. The first-order valence-corrected chi connectivity index (χ1v) is 8.50. The lowest BCUT2D eigenvalue weighted by atomic mass is 10.1. The zero-order valence-corrected chi connectivity index (χ0v) is 13.1. The molecule has 1 saturated heterocycles. The van der Waals surface area contributed by atoms with Gasteiger partial charge in [-0.2, -0.15) is 0 Å². The van der Waals surface area contributed by atoms with E-state index in [1.54, 1.807) is 0 Å². The molecule has 128 valence electrons. The normalized spacial score (nSPS) is 27.4. The van der Waals surface area contributed by atoms with Crippen LogP contribution in [-0.4, -0.2) is 52.7 Å². The first-order valence-electron chi connectivity index (χ1n) is 6.70. The van der Waals surface area contributed by atoms with Gasteiger partial charge in [-0.05, 0) is 5.92 Å². The highest BCUT2D eigenvalue weighted by Crippen LogP contribution is 2.42. The van der Waals surface area contributed by atoms with Gasteiger partial charge in [0.15, 0.2) is 24.0 Å². The van der Waals surface area contributed by atoms with Crippen molar-refractivity contribution in [3.05, 3.63) is 12.7 Å². The monoisotopic (exact) mass is 355 g/mol. The molecule has 0 aromatic carbocycles. The second-order valence-corrected chi connectivity index (χ2v) is 6.79. The predicted molar refractivity (Wildman–Crippen MR) is 80.0 cm³/mol. The van der Waals surface area contributed by atoms with Crippen LogP contribution < -0.4 is 5.73 Å². The lowest BCUT2D eigenvalue weighted by Gasteiger charge is -2.24. The first kappa shape index (κ1) is 16.8. The summed E-state index contributed by atoms with van der Waals surface area (Å²) in [6, 6.07) is 0. The van der Waals surface area contributed by atoms with E-state index >= 15 is 0 Å². The van der Waals surface area contributed by atoms with Gasteiger partial charge in [-0.15, -0.1) is 6.42 Å². The molecule has 0 aliphatic carbocycles. The number of aromatic nitrogens is 4. The van der Waals surface area contributed by atoms with Gasteiger partial charge < -0.3 is 30.1 Å². The van der Waals surface area contributed by atoms with E-state index in [-0.39, 0.29) is 12.2 Å². The number of hydrogen-bond donors (Lipinski definition) is 4. The Hall–Kier alpha value is -2.06. The molecule has 2 aromatic rings. The minimum atomic E-state index is -4.45. The number of rotatable bonds is 4. The number of nitrogens with zero attached hydrogens (tertiary/aromatic N) is 4. The maximum Gasteiger partial charge on any atom is 0.351 e. The number of hydrogen-bond acceptors (Lipinski definition) is 8. The second-order valence-electron chi connectivity index (χ2n) is 5.20. The van der Waals surface area contributed by atoms with Gasteiger partial charge in [0.2, 0.25) is 5.79 Å². The van der Waals surface area contributed by atoms with E-state index in [0.717, 1.165) is 0 Å². The van der Waals surface area contributed by atoms with Crippen molar-refractivity contribution in [1.82, 2.24) is 19.5 Å². The molecule has 0 radical (unpaired) electrons. The van der Waals surface area contributed by atoms with Crippen LogP contribution in [0.3, 0.4) is 0 Å². The summed E-state index contributed by atoms with van der Waals surface area (Å²) in [7, 11) is -4.45. The quantitative estimate of drug-likeness (QED) is 0.401. The highest BCUT2D eigenvalue weighted by molar-refractivity contribution is 7.51. The fraction of sp³-hybridized carbons (Fsp3) is 0.417. The van der Waals surface area contributed by atoms with Gasteiger partial charge in [0.05, 0.1) is 6.33 Å². The Morgan fingerprint density at radius 2 is 2.29 bits per heavy atom. The van der Waals surface area contributed by atoms with Crippen LogP contribution in [0.25, 0.3) is 11.2 Å². The molecular formula is C12H14N5O6P. The van der Waals surface area contributed by atoms with Crippen molar-refractivity contribution in [2.45, 2.75) is 24.5 Å². The molecule has 1 aliphatic heterocycles. The third kappa shape index (κ3) is 2.99. The average Bonchev–Trinajstić information content (AvgIpc) is 3.07. The number of anilines is 1. The van der Waals surface area contributed by atoms with Crippen LogP contribution in [0.4, 0.5) is 5.82 Å². The second kappa shape index (κ2) is 5.78. The van der Waals surface area contributed by atoms with E-state index in [2.05, 4.69) is 20.9 Å². The Labute approximate surface area is 135 Å². The number of ether oxygens (including phenoxy) is 2. The van der Waals surface area contributed by atoms with E-state index in [1.807, 2.05) is 0 Å². The molecule has 0 unspecified atom stereocenters. The summed E-state index contributed by atoms with van der Waals surface area (Å²) in [5, 5.41) is 10.3. The molecule has 3 rings (SSSR count). The van der Waals surface area contributed by atoms with Crippen molar-refractivity contribution in [2.24, 2.45) is 0 Å². The minimum Gasteiger partial charge on any atom is -0.388 e. The van der Waals surface area contributed by atoms with Crippen molar-refractivity contribution >= 4 is 24.6 Å². The standard InChI is InChI=1S/C12H14N5O6P/c1-2-12(22-6-24(19,20)21)3-7(18)11(23-12)17-5-16-8-9(13)14-4-15-10(8)17/h1,4-5,7,11,18H,3,6H2,(H2,13,14,15)(H2,19,20,21)/t7-,11-,12+/m1/s1. The number of aliphatic hydroxyl groups excluding tert-OH is 1. The summed E-state index contributed by atoms with van der Waals surface area (Å²) < 4.78 is 23.0. The van der Waals surface area contributed by atoms with Crippen LogP contribution in [0.2, 0.25) is 0 Å². The number of aliphatic hydroxyl groups is 1. The summed E-state index contributed by atoms with van der Waals surface area (Å²) in [5.41, 5.74) is 6.34. The Kier molecular flexibility index (Phi) is 4.05. The van der Waals surface area contributed by atoms with Crippen molar-refractivity contribution in [3.8, 4) is 12.3 Å². The molecule has 0 bridgehead atoms. The van der Waals surface area contributed by atoms with Gasteiger partial charge in [-0.1, -0.05) is 0 Å². The van der Waals surface area contributed by atoms with Crippen LogP contribution in [0.15, 0.2) is 12.7 Å². The summed E-state index contributed by atoms with van der Waals surface area (Å²) >= 11 is 0. The Morgan fingerprint density at radius 1 is 1.54 bits per heavy atom. The molecule has 12 heteroatoms. The zero-order valence-electron chi connectivity index (χ0n) is 12.2. The smallest absolute Gasteiger partial charge is 0.351 e. The minimum absolute atomic E-state index is 0.159. The molecule has 24 heavy (non-hydrogen) atoms. The van der Waals surface area contributed by atoms with Gasteiger partial charge in [-0.3, -0.25) is 9.13 Å². The van der Waals surface area contributed by atoms with Gasteiger partial charge in [0.25, 0.3) is 0 Å². The van der Waals surface area contributed by atoms with Gasteiger partial charge >= 0.3 is 7.60 Å². The van der Waals surface area contributed by atoms with E-state index in [4.69, 9.17) is 31.4 Å². The van der Waals surface area contributed by atoms with Crippen LogP contribution >= 0.6 is 7.60 Å².